The van der Waals surface area contributed by atoms with Crippen molar-refractivity contribution in [1.29, 1.82) is 0 Å². The van der Waals surface area contributed by atoms with Gasteiger partial charge in [-0.05, 0) is 47.1 Å². The predicted octanol–water partition coefficient (Wildman–Crippen LogP) is 4.34. The number of halogens is 2. The topological polar surface area (TPSA) is 43.1 Å². The lowest BCUT2D eigenvalue weighted by atomic mass is 10.0. The molecule has 1 aromatic carbocycles. The molecule has 0 saturated carbocycles. The molecule has 0 amide bonds. The van der Waals surface area contributed by atoms with E-state index in [-0.39, 0.29) is 0 Å². The molecule has 1 aliphatic heterocycles. The van der Waals surface area contributed by atoms with Crippen molar-refractivity contribution in [2.45, 2.75) is 13.5 Å². The van der Waals surface area contributed by atoms with Crippen molar-refractivity contribution in [3.8, 4) is 5.69 Å². The molecule has 3 heterocycles. The van der Waals surface area contributed by atoms with E-state index in [0.717, 1.165) is 38.6 Å². The molecule has 0 spiro atoms. The molecule has 114 valence electrons. The third-order valence-corrected chi connectivity index (χ3v) is 5.03. The minimum atomic E-state index is 0.504. The zero-order chi connectivity index (χ0) is 16.0. The number of aryl methyl sites for hydroxylation is 1. The first-order chi connectivity index (χ1) is 11.1. The minimum absolute atomic E-state index is 0.504. The van der Waals surface area contributed by atoms with Gasteiger partial charge >= 0.3 is 0 Å². The summed E-state index contributed by atoms with van der Waals surface area (Å²) in [5.41, 5.74) is 4.70. The lowest BCUT2D eigenvalue weighted by Gasteiger charge is -2.14. The van der Waals surface area contributed by atoms with Crippen molar-refractivity contribution < 1.29 is 0 Å². The van der Waals surface area contributed by atoms with E-state index in [1.165, 1.54) is 0 Å². The van der Waals surface area contributed by atoms with Crippen LogP contribution in [0.15, 0.2) is 52.2 Å². The average Bonchev–Trinajstić information content (AvgIpc) is 2.84. The van der Waals surface area contributed by atoms with Crippen LogP contribution in [0.2, 0.25) is 5.02 Å². The molecule has 0 radical (unpaired) electrons. The lowest BCUT2D eigenvalue weighted by molar-refractivity contribution is 0.863. The number of rotatable bonds is 1. The van der Waals surface area contributed by atoms with Crippen molar-refractivity contribution in [1.82, 2.24) is 14.5 Å². The third-order valence-electron chi connectivity index (χ3n) is 3.83. The molecule has 23 heavy (non-hydrogen) atoms. The SMILES string of the molecule is Cc1cnc2n1-c1cc(Cl)c(Br)cc1C(c1ccccn1)=NC2. The Hall–Kier alpha value is -1.98. The van der Waals surface area contributed by atoms with Crippen molar-refractivity contribution in [2.75, 3.05) is 0 Å². The van der Waals surface area contributed by atoms with Crippen LogP contribution in [0.3, 0.4) is 0 Å². The molecular formula is C17H12BrClN4. The summed E-state index contributed by atoms with van der Waals surface area (Å²) < 4.78 is 2.94. The minimum Gasteiger partial charge on any atom is -0.299 e. The molecule has 3 aromatic rings. The second-order valence-corrected chi connectivity index (χ2v) is 6.58. The van der Waals surface area contributed by atoms with Gasteiger partial charge in [-0.15, -0.1) is 0 Å². The van der Waals surface area contributed by atoms with Crippen LogP contribution in [0.25, 0.3) is 5.69 Å². The molecule has 0 N–H and O–H groups in total. The van der Waals surface area contributed by atoms with Gasteiger partial charge in [-0.3, -0.25) is 14.5 Å². The average molecular weight is 388 g/mol. The summed E-state index contributed by atoms with van der Waals surface area (Å²) >= 11 is 9.86. The molecule has 1 aliphatic rings. The predicted molar refractivity (Wildman–Crippen MR) is 94.6 cm³/mol. The normalized spacial score (nSPS) is 13.1. The quantitative estimate of drug-likeness (QED) is 0.623. The van der Waals surface area contributed by atoms with Gasteiger partial charge in [0.25, 0.3) is 0 Å². The van der Waals surface area contributed by atoms with Gasteiger partial charge < -0.3 is 0 Å². The number of nitrogens with zero attached hydrogens (tertiary/aromatic N) is 4. The van der Waals surface area contributed by atoms with E-state index >= 15 is 0 Å². The number of benzene rings is 1. The number of aromatic nitrogens is 3. The summed E-state index contributed by atoms with van der Waals surface area (Å²) in [4.78, 5) is 13.7. The third kappa shape index (κ3) is 2.40. The molecule has 0 saturated heterocycles. The van der Waals surface area contributed by atoms with Crippen LogP contribution in [-0.4, -0.2) is 20.2 Å². The second-order valence-electron chi connectivity index (χ2n) is 5.31. The van der Waals surface area contributed by atoms with E-state index in [1.807, 2.05) is 43.5 Å². The smallest absolute Gasteiger partial charge is 0.135 e. The summed E-state index contributed by atoms with van der Waals surface area (Å²) in [6, 6.07) is 9.77. The maximum absolute atomic E-state index is 6.34. The highest BCUT2D eigenvalue weighted by molar-refractivity contribution is 9.10. The maximum Gasteiger partial charge on any atom is 0.135 e. The van der Waals surface area contributed by atoms with Crippen LogP contribution in [0.1, 0.15) is 22.8 Å². The van der Waals surface area contributed by atoms with Crippen molar-refractivity contribution in [2.24, 2.45) is 4.99 Å². The Balaban J connectivity index is 2.04. The molecule has 0 atom stereocenters. The molecule has 0 bridgehead atoms. The first-order valence-electron chi connectivity index (χ1n) is 7.14. The van der Waals surface area contributed by atoms with E-state index in [1.54, 1.807) is 6.20 Å². The molecule has 0 unspecified atom stereocenters. The Morgan fingerprint density at radius 3 is 2.87 bits per heavy atom. The Kier molecular flexibility index (Phi) is 3.54. The molecule has 0 aliphatic carbocycles. The van der Waals surface area contributed by atoms with Gasteiger partial charge in [-0.1, -0.05) is 17.7 Å². The number of fused-ring (bicyclic) bond motifs is 3. The Morgan fingerprint density at radius 1 is 1.22 bits per heavy atom. The summed E-state index contributed by atoms with van der Waals surface area (Å²) in [5, 5.41) is 0.657. The van der Waals surface area contributed by atoms with E-state index in [0.29, 0.717) is 11.6 Å². The number of hydrogen-bond donors (Lipinski definition) is 0. The summed E-state index contributed by atoms with van der Waals surface area (Å²) in [6.45, 7) is 2.53. The summed E-state index contributed by atoms with van der Waals surface area (Å²) in [6.07, 6.45) is 3.63. The highest BCUT2D eigenvalue weighted by Crippen LogP contribution is 2.33. The number of aliphatic imine (C=N–C) groups is 1. The fourth-order valence-electron chi connectivity index (χ4n) is 2.80. The van der Waals surface area contributed by atoms with Crippen LogP contribution < -0.4 is 0 Å². The maximum atomic E-state index is 6.34. The Morgan fingerprint density at radius 2 is 2.09 bits per heavy atom. The van der Waals surface area contributed by atoms with Crippen molar-refractivity contribution in [3.63, 3.8) is 0 Å². The van der Waals surface area contributed by atoms with E-state index < -0.39 is 0 Å². The van der Waals surface area contributed by atoms with Gasteiger partial charge in [0.2, 0.25) is 0 Å². The fourth-order valence-corrected chi connectivity index (χ4v) is 3.30. The van der Waals surface area contributed by atoms with Gasteiger partial charge in [-0.2, -0.15) is 0 Å². The first kappa shape index (κ1) is 14.6. The molecular weight excluding hydrogens is 376 g/mol. The van der Waals surface area contributed by atoms with E-state index in [4.69, 9.17) is 16.6 Å². The van der Waals surface area contributed by atoms with E-state index in [9.17, 15) is 0 Å². The van der Waals surface area contributed by atoms with Gasteiger partial charge in [0.1, 0.15) is 5.82 Å². The molecule has 2 aromatic heterocycles. The summed E-state index contributed by atoms with van der Waals surface area (Å²) in [7, 11) is 0. The largest absolute Gasteiger partial charge is 0.299 e. The van der Waals surface area contributed by atoms with Crippen molar-refractivity contribution >= 4 is 33.2 Å². The Labute approximate surface area is 147 Å². The van der Waals surface area contributed by atoms with E-state index in [2.05, 4.69) is 30.5 Å². The Bertz CT molecular complexity index is 931. The lowest BCUT2D eigenvalue weighted by Crippen LogP contribution is -2.09. The number of hydrogen-bond acceptors (Lipinski definition) is 3. The van der Waals surface area contributed by atoms with Crippen LogP contribution >= 0.6 is 27.5 Å². The van der Waals surface area contributed by atoms with Gasteiger partial charge in [-0.25, -0.2) is 4.98 Å². The second kappa shape index (κ2) is 5.58. The number of pyridine rings is 1. The zero-order valence-corrected chi connectivity index (χ0v) is 14.6. The van der Waals surface area contributed by atoms with Crippen LogP contribution in [0, 0.1) is 6.92 Å². The fraction of sp³-hybridized carbons (Fsp3) is 0.118. The first-order valence-corrected chi connectivity index (χ1v) is 8.31. The van der Waals surface area contributed by atoms with Gasteiger partial charge in [0, 0.05) is 28.1 Å². The zero-order valence-electron chi connectivity index (χ0n) is 12.3. The monoisotopic (exact) mass is 386 g/mol. The molecule has 0 fully saturated rings. The van der Waals surface area contributed by atoms with Crippen LogP contribution in [0.5, 0.6) is 0 Å². The molecule has 4 rings (SSSR count). The van der Waals surface area contributed by atoms with Crippen LogP contribution in [0.4, 0.5) is 0 Å². The standard InChI is InChI=1S/C17H12BrClN4/c1-10-8-21-16-9-22-17(14-4-2-3-5-20-14)11-6-12(18)13(19)7-15(11)23(10)16/h2-8H,9H2,1H3. The van der Waals surface area contributed by atoms with Crippen LogP contribution in [-0.2, 0) is 6.54 Å². The molecule has 6 heteroatoms. The highest BCUT2D eigenvalue weighted by atomic mass is 79.9. The summed E-state index contributed by atoms with van der Waals surface area (Å²) in [5.74, 6) is 0.896. The van der Waals surface area contributed by atoms with Crippen molar-refractivity contribution in [3.05, 3.63) is 75.0 Å². The number of imidazole rings is 1. The molecule has 4 nitrogen and oxygen atoms in total. The van der Waals surface area contributed by atoms with Gasteiger partial charge in [0.15, 0.2) is 0 Å². The highest BCUT2D eigenvalue weighted by Gasteiger charge is 2.22. The van der Waals surface area contributed by atoms with Gasteiger partial charge in [0.05, 0.1) is 28.7 Å².